The molecule has 0 fully saturated rings. The zero-order valence-electron chi connectivity index (χ0n) is 49.4. The van der Waals surface area contributed by atoms with Crippen LogP contribution in [-0.4, -0.2) is 37.2 Å². The Bertz CT molecular complexity index is 1330. The molecule has 1 unspecified atom stereocenters. The Labute approximate surface area is 460 Å². The van der Waals surface area contributed by atoms with Gasteiger partial charge in [-0.1, -0.05) is 332 Å². The quantitative estimate of drug-likeness (QED) is 0.0261. The fourth-order valence-electron chi connectivity index (χ4n) is 9.52. The van der Waals surface area contributed by atoms with Crippen LogP contribution in [0, 0.1) is 0 Å². The van der Waals surface area contributed by atoms with Crippen LogP contribution in [0.1, 0.15) is 335 Å². The summed E-state index contributed by atoms with van der Waals surface area (Å²) in [5, 5.41) is 0. The van der Waals surface area contributed by atoms with Crippen LogP contribution in [0.2, 0.25) is 0 Å². The van der Waals surface area contributed by atoms with Crippen molar-refractivity contribution in [3.63, 3.8) is 0 Å². The van der Waals surface area contributed by atoms with Crippen LogP contribution in [0.15, 0.2) is 60.8 Å². The smallest absolute Gasteiger partial charge is 0.309 e. The van der Waals surface area contributed by atoms with Crippen LogP contribution in [0.5, 0.6) is 0 Å². The molecule has 430 valence electrons. The highest BCUT2D eigenvalue weighted by atomic mass is 16.6. The minimum atomic E-state index is -0.811. The second-order valence-corrected chi connectivity index (χ2v) is 21.7. The molecule has 1 atom stereocenters. The van der Waals surface area contributed by atoms with Crippen LogP contribution < -0.4 is 0 Å². The molecule has 0 aliphatic rings. The van der Waals surface area contributed by atoms with E-state index < -0.39 is 12.1 Å². The lowest BCUT2D eigenvalue weighted by Crippen LogP contribution is -2.30. The fraction of sp³-hybridized carbons (Fsp3) is 0.809. The lowest BCUT2D eigenvalue weighted by molar-refractivity contribution is -0.166. The molecule has 6 nitrogen and oxygen atoms in total. The Hall–Kier alpha value is -2.89. The molecule has 74 heavy (non-hydrogen) atoms. The predicted molar refractivity (Wildman–Crippen MR) is 321 cm³/mol. The number of rotatable bonds is 59. The van der Waals surface area contributed by atoms with Gasteiger partial charge in [-0.25, -0.2) is 0 Å². The summed E-state index contributed by atoms with van der Waals surface area (Å²) in [7, 11) is 0. The van der Waals surface area contributed by atoms with Crippen LogP contribution in [0.3, 0.4) is 0 Å². The molecule has 0 aromatic rings. The third-order valence-corrected chi connectivity index (χ3v) is 14.3. The van der Waals surface area contributed by atoms with Crippen molar-refractivity contribution in [2.45, 2.75) is 341 Å². The van der Waals surface area contributed by atoms with Crippen molar-refractivity contribution in [2.75, 3.05) is 13.2 Å². The van der Waals surface area contributed by atoms with Crippen molar-refractivity contribution in [3.05, 3.63) is 60.8 Å². The molecule has 0 saturated heterocycles. The van der Waals surface area contributed by atoms with E-state index in [1.165, 1.54) is 225 Å². The normalized spacial score (nSPS) is 12.4. The topological polar surface area (TPSA) is 78.9 Å². The van der Waals surface area contributed by atoms with Crippen LogP contribution in [-0.2, 0) is 28.6 Å². The summed E-state index contributed by atoms with van der Waals surface area (Å²) in [5.74, 6) is -1.01. The highest BCUT2D eigenvalue weighted by molar-refractivity contribution is 5.72. The maximum Gasteiger partial charge on any atom is 0.309 e. The van der Waals surface area contributed by atoms with Crippen LogP contribution in [0.4, 0.5) is 0 Å². The van der Waals surface area contributed by atoms with Gasteiger partial charge in [0, 0.05) is 12.8 Å². The molecule has 0 rings (SSSR count). The number of ether oxygens (including phenoxy) is 3. The van der Waals surface area contributed by atoms with Crippen molar-refractivity contribution in [3.8, 4) is 0 Å². The average Bonchev–Trinajstić information content (AvgIpc) is 3.40. The summed E-state index contributed by atoms with van der Waals surface area (Å²) in [4.78, 5) is 38.2. The molecule has 0 aromatic carbocycles. The van der Waals surface area contributed by atoms with E-state index >= 15 is 0 Å². The second kappa shape index (κ2) is 62.6. The maximum absolute atomic E-state index is 12.9. The van der Waals surface area contributed by atoms with E-state index in [1.54, 1.807) is 0 Å². The largest absolute Gasteiger partial charge is 0.462 e. The van der Waals surface area contributed by atoms with Gasteiger partial charge in [0.2, 0.25) is 0 Å². The van der Waals surface area contributed by atoms with E-state index in [0.717, 1.165) is 70.6 Å². The summed E-state index contributed by atoms with van der Waals surface area (Å²) in [6.45, 7) is 6.50. The molecule has 0 saturated carbocycles. The Morgan fingerprint density at radius 1 is 0.284 bits per heavy atom. The first-order chi connectivity index (χ1) is 36.5. The third-order valence-electron chi connectivity index (χ3n) is 14.3. The van der Waals surface area contributed by atoms with Crippen molar-refractivity contribution in [1.82, 2.24) is 0 Å². The standard InChI is InChI=1S/C68H122O6/c1-4-7-10-13-16-19-22-25-28-30-31-32-33-34-35-36-38-40-43-46-49-52-55-58-61-67(70)73-64-65(63-72-66(69)60-57-54-51-48-45-42-39-27-24-21-18-15-12-9-6-3)74-68(71)62-59-56-53-50-47-44-41-37-29-26-23-20-17-14-11-8-5-2/h9,12,18,21,27,39,45,48,54,57,65H,4-8,10-11,13-17,19-20,22-26,28-38,40-44,46-47,49-53,55-56,58-64H2,1-3H3/b12-9-,21-18-,39-27-,48-45-,57-54-. The second-order valence-electron chi connectivity index (χ2n) is 21.7. The lowest BCUT2D eigenvalue weighted by atomic mass is 10.0. The monoisotopic (exact) mass is 1030 g/mol. The zero-order valence-corrected chi connectivity index (χ0v) is 49.4. The first-order valence-corrected chi connectivity index (χ1v) is 32.3. The summed E-state index contributed by atoms with van der Waals surface area (Å²) in [6.07, 6.45) is 79.8. The van der Waals surface area contributed by atoms with Crippen LogP contribution in [0.25, 0.3) is 0 Å². The number of unbranched alkanes of at least 4 members (excludes halogenated alkanes) is 39. The van der Waals surface area contributed by atoms with Crippen molar-refractivity contribution in [2.24, 2.45) is 0 Å². The van der Waals surface area contributed by atoms with Gasteiger partial charge in [-0.15, -0.1) is 0 Å². The number of hydrogen-bond acceptors (Lipinski definition) is 6. The van der Waals surface area contributed by atoms with E-state index in [1.807, 2.05) is 12.2 Å². The number of esters is 3. The number of allylic oxidation sites excluding steroid dienone is 9. The molecular formula is C68H122O6. The van der Waals surface area contributed by atoms with Gasteiger partial charge in [-0.2, -0.15) is 0 Å². The van der Waals surface area contributed by atoms with Crippen molar-refractivity contribution in [1.29, 1.82) is 0 Å². The maximum atomic E-state index is 12.9. The summed E-state index contributed by atoms with van der Waals surface area (Å²) in [5.41, 5.74) is 0. The molecular weight excluding hydrogens is 913 g/mol. The summed E-state index contributed by atoms with van der Waals surface area (Å²) in [6, 6.07) is 0. The minimum Gasteiger partial charge on any atom is -0.462 e. The minimum absolute atomic E-state index is 0.0992. The van der Waals surface area contributed by atoms with E-state index in [0.29, 0.717) is 12.8 Å². The van der Waals surface area contributed by atoms with Gasteiger partial charge in [0.15, 0.2) is 6.10 Å². The molecule has 0 amide bonds. The Kier molecular flexibility index (Phi) is 60.2. The van der Waals surface area contributed by atoms with Gasteiger partial charge in [-0.3, -0.25) is 14.4 Å². The third kappa shape index (κ3) is 60.0. The Morgan fingerprint density at radius 3 is 0.824 bits per heavy atom. The van der Waals surface area contributed by atoms with Gasteiger partial charge in [0.25, 0.3) is 0 Å². The van der Waals surface area contributed by atoms with E-state index in [4.69, 9.17) is 14.2 Å². The van der Waals surface area contributed by atoms with E-state index in [2.05, 4.69) is 69.4 Å². The molecule has 0 N–H and O–H groups in total. The SMILES string of the molecule is CC/C=C\C/C=C\C/C=C\C/C=C\C/C=C\CC(=O)OCC(COC(=O)CCCCCCCCCCCCCCCCCCCCCCCCCC)OC(=O)CCCCCCCCCCCCCCCCCCC. The average molecular weight is 1040 g/mol. The lowest BCUT2D eigenvalue weighted by Gasteiger charge is -2.18. The molecule has 0 spiro atoms. The predicted octanol–water partition coefficient (Wildman–Crippen LogP) is 21.9. The number of carbonyl (C=O) groups is 3. The van der Waals surface area contributed by atoms with Gasteiger partial charge in [-0.05, 0) is 44.9 Å². The summed E-state index contributed by atoms with van der Waals surface area (Å²) >= 11 is 0. The molecule has 0 bridgehead atoms. The molecule has 0 aromatic heterocycles. The molecule has 0 heterocycles. The van der Waals surface area contributed by atoms with Crippen molar-refractivity contribution >= 4 is 17.9 Å². The molecule has 0 aliphatic carbocycles. The van der Waals surface area contributed by atoms with E-state index in [9.17, 15) is 14.4 Å². The van der Waals surface area contributed by atoms with Gasteiger partial charge in [0.1, 0.15) is 13.2 Å². The highest BCUT2D eigenvalue weighted by Crippen LogP contribution is 2.18. The van der Waals surface area contributed by atoms with Gasteiger partial charge in [0.05, 0.1) is 6.42 Å². The zero-order chi connectivity index (χ0) is 53.6. The number of carbonyl (C=O) groups excluding carboxylic acids is 3. The molecule has 0 aliphatic heterocycles. The van der Waals surface area contributed by atoms with Crippen LogP contribution >= 0.6 is 0 Å². The first kappa shape index (κ1) is 71.1. The fourth-order valence-corrected chi connectivity index (χ4v) is 9.52. The summed E-state index contributed by atoms with van der Waals surface area (Å²) < 4.78 is 16.8. The number of hydrogen-bond donors (Lipinski definition) is 0. The Morgan fingerprint density at radius 2 is 0.527 bits per heavy atom. The highest BCUT2D eigenvalue weighted by Gasteiger charge is 2.19. The van der Waals surface area contributed by atoms with Gasteiger partial charge < -0.3 is 14.2 Å². The molecule has 6 heteroatoms. The first-order valence-electron chi connectivity index (χ1n) is 32.3. The van der Waals surface area contributed by atoms with Crippen molar-refractivity contribution < 1.29 is 28.6 Å². The van der Waals surface area contributed by atoms with E-state index in [-0.39, 0.29) is 31.6 Å². The van der Waals surface area contributed by atoms with Gasteiger partial charge >= 0.3 is 17.9 Å². The molecule has 0 radical (unpaired) electrons. The Balaban J connectivity index is 4.33.